The van der Waals surface area contributed by atoms with E-state index in [2.05, 4.69) is 5.32 Å². The third-order valence-electron chi connectivity index (χ3n) is 3.11. The van der Waals surface area contributed by atoms with Crippen molar-refractivity contribution in [3.8, 4) is 0 Å². The Bertz CT molecular complexity index is 362. The lowest BCUT2D eigenvalue weighted by Gasteiger charge is -2.41. The van der Waals surface area contributed by atoms with E-state index in [4.69, 9.17) is 14.9 Å². The van der Waals surface area contributed by atoms with Gasteiger partial charge in [-0.15, -0.1) is 0 Å². The Balaban J connectivity index is 2.94. The lowest BCUT2D eigenvalue weighted by molar-refractivity contribution is -0.195. The monoisotopic (exact) mass is 293 g/mol. The SMILES string of the molecule is CC(=O)N[C@@H]1[C@@H](O)CC(C(=O)O)O[C@H]1C(O)[C@H](O)CO. The summed E-state index contributed by atoms with van der Waals surface area (Å²) in [6, 6.07) is -1.08. The third kappa shape index (κ3) is 3.87. The highest BCUT2D eigenvalue weighted by Gasteiger charge is 2.45. The van der Waals surface area contributed by atoms with Gasteiger partial charge in [0.05, 0.1) is 18.8 Å². The molecular weight excluding hydrogens is 274 g/mol. The summed E-state index contributed by atoms with van der Waals surface area (Å²) in [5.41, 5.74) is 0. The lowest BCUT2D eigenvalue weighted by atomic mass is 9.90. The van der Waals surface area contributed by atoms with Gasteiger partial charge in [-0.3, -0.25) is 4.79 Å². The van der Waals surface area contributed by atoms with Crippen LogP contribution in [0.1, 0.15) is 13.3 Å². The molecule has 0 aliphatic carbocycles. The second-order valence-corrected chi connectivity index (χ2v) is 4.70. The van der Waals surface area contributed by atoms with E-state index in [0.717, 1.165) is 0 Å². The molecule has 1 rings (SSSR count). The minimum absolute atomic E-state index is 0.265. The molecule has 1 aliphatic rings. The number of aliphatic carboxylic acids is 1. The Hall–Kier alpha value is -1.26. The number of aliphatic hydroxyl groups is 4. The van der Waals surface area contributed by atoms with Gasteiger partial charge in [-0.25, -0.2) is 4.79 Å². The molecule has 6 atom stereocenters. The number of carbonyl (C=O) groups excluding carboxylic acids is 1. The van der Waals surface area contributed by atoms with E-state index in [9.17, 15) is 24.9 Å². The van der Waals surface area contributed by atoms with E-state index >= 15 is 0 Å². The molecular formula is C11H19NO8. The number of amides is 1. The topological polar surface area (TPSA) is 157 Å². The summed E-state index contributed by atoms with van der Waals surface area (Å²) in [6.45, 7) is 0.406. The first-order chi connectivity index (χ1) is 9.27. The van der Waals surface area contributed by atoms with Crippen LogP contribution in [0.4, 0.5) is 0 Å². The molecule has 20 heavy (non-hydrogen) atoms. The maximum Gasteiger partial charge on any atom is 0.332 e. The molecule has 0 aromatic heterocycles. The summed E-state index contributed by atoms with van der Waals surface area (Å²) in [7, 11) is 0. The van der Waals surface area contributed by atoms with Gasteiger partial charge in [-0.05, 0) is 0 Å². The molecule has 1 aliphatic heterocycles. The molecule has 0 saturated carbocycles. The number of hydrogen-bond donors (Lipinski definition) is 6. The van der Waals surface area contributed by atoms with Gasteiger partial charge in [0.25, 0.3) is 0 Å². The van der Waals surface area contributed by atoms with Gasteiger partial charge < -0.3 is 35.6 Å². The van der Waals surface area contributed by atoms with Crippen molar-refractivity contribution < 1.29 is 39.9 Å². The molecule has 9 heteroatoms. The van der Waals surface area contributed by atoms with Crippen molar-refractivity contribution in [3.63, 3.8) is 0 Å². The average molecular weight is 293 g/mol. The number of ether oxygens (including phenoxy) is 1. The van der Waals surface area contributed by atoms with Gasteiger partial charge in [0.2, 0.25) is 5.91 Å². The van der Waals surface area contributed by atoms with Gasteiger partial charge >= 0.3 is 5.97 Å². The van der Waals surface area contributed by atoms with Crippen molar-refractivity contribution in [2.75, 3.05) is 6.61 Å². The molecule has 1 fully saturated rings. The molecule has 116 valence electrons. The van der Waals surface area contributed by atoms with Crippen LogP contribution in [0.2, 0.25) is 0 Å². The standard InChI is InChI=1S/C11H19NO8/c1-4(14)12-8-5(15)2-7(11(18)19)20-10(8)9(17)6(16)3-13/h5-10,13,15-17H,2-3H2,1H3,(H,12,14)(H,18,19)/t5-,6+,7?,8+,9?,10+/m0/s1. The Labute approximate surface area is 114 Å². The number of carbonyl (C=O) groups is 2. The molecule has 6 N–H and O–H groups in total. The summed E-state index contributed by atoms with van der Waals surface area (Å²) in [4.78, 5) is 22.0. The summed E-state index contributed by atoms with van der Waals surface area (Å²) >= 11 is 0. The maximum absolute atomic E-state index is 11.1. The van der Waals surface area contributed by atoms with E-state index < -0.39 is 55.0 Å². The quantitative estimate of drug-likeness (QED) is 0.309. The summed E-state index contributed by atoms with van der Waals surface area (Å²) in [6.07, 6.45) is -7.51. The zero-order valence-electron chi connectivity index (χ0n) is 10.8. The number of aliphatic hydroxyl groups excluding tert-OH is 4. The van der Waals surface area contributed by atoms with Crippen LogP contribution in [0.25, 0.3) is 0 Å². The number of rotatable bonds is 5. The van der Waals surface area contributed by atoms with Crippen molar-refractivity contribution in [2.24, 2.45) is 0 Å². The van der Waals surface area contributed by atoms with Crippen molar-refractivity contribution in [1.82, 2.24) is 5.32 Å². The van der Waals surface area contributed by atoms with E-state index in [1.807, 2.05) is 0 Å². The van der Waals surface area contributed by atoms with E-state index in [0.29, 0.717) is 0 Å². The molecule has 0 aromatic carbocycles. The Morgan fingerprint density at radius 3 is 2.45 bits per heavy atom. The van der Waals surface area contributed by atoms with Gasteiger partial charge in [0.1, 0.15) is 18.3 Å². The molecule has 9 nitrogen and oxygen atoms in total. The van der Waals surface area contributed by atoms with E-state index in [1.54, 1.807) is 0 Å². The highest BCUT2D eigenvalue weighted by atomic mass is 16.5. The Morgan fingerprint density at radius 2 is 2.00 bits per heavy atom. The van der Waals surface area contributed by atoms with Gasteiger partial charge in [0.15, 0.2) is 6.10 Å². The van der Waals surface area contributed by atoms with Crippen LogP contribution < -0.4 is 5.32 Å². The number of carboxylic acid groups (broad SMARTS) is 1. The first kappa shape index (κ1) is 16.8. The minimum atomic E-state index is -1.66. The highest BCUT2D eigenvalue weighted by Crippen LogP contribution is 2.24. The smallest absolute Gasteiger partial charge is 0.332 e. The van der Waals surface area contributed by atoms with Gasteiger partial charge in [0, 0.05) is 13.3 Å². The minimum Gasteiger partial charge on any atom is -0.479 e. The lowest BCUT2D eigenvalue weighted by Crippen LogP contribution is -2.63. The zero-order chi connectivity index (χ0) is 15.4. The molecule has 0 radical (unpaired) electrons. The molecule has 1 heterocycles. The van der Waals surface area contributed by atoms with Crippen LogP contribution in [0.3, 0.4) is 0 Å². The highest BCUT2D eigenvalue weighted by molar-refractivity contribution is 5.74. The number of carboxylic acids is 1. The second kappa shape index (κ2) is 6.95. The first-order valence-corrected chi connectivity index (χ1v) is 6.08. The largest absolute Gasteiger partial charge is 0.479 e. The van der Waals surface area contributed by atoms with Crippen LogP contribution in [-0.4, -0.2) is 80.6 Å². The fourth-order valence-electron chi connectivity index (χ4n) is 2.11. The van der Waals surface area contributed by atoms with Crippen molar-refractivity contribution in [3.05, 3.63) is 0 Å². The first-order valence-electron chi connectivity index (χ1n) is 6.08. The van der Waals surface area contributed by atoms with Crippen molar-refractivity contribution in [1.29, 1.82) is 0 Å². The molecule has 0 spiro atoms. The molecule has 2 unspecified atom stereocenters. The fraction of sp³-hybridized carbons (Fsp3) is 0.818. The summed E-state index contributed by atoms with van der Waals surface area (Å²) < 4.78 is 5.12. The van der Waals surface area contributed by atoms with Gasteiger partial charge in [-0.2, -0.15) is 0 Å². The average Bonchev–Trinajstić information content (AvgIpc) is 2.38. The second-order valence-electron chi connectivity index (χ2n) is 4.70. The zero-order valence-corrected chi connectivity index (χ0v) is 10.8. The van der Waals surface area contributed by atoms with Crippen LogP contribution in [0, 0.1) is 0 Å². The Kier molecular flexibility index (Phi) is 5.84. The van der Waals surface area contributed by atoms with E-state index in [-0.39, 0.29) is 6.42 Å². The third-order valence-corrected chi connectivity index (χ3v) is 3.11. The van der Waals surface area contributed by atoms with Crippen molar-refractivity contribution in [2.45, 2.75) is 49.9 Å². The molecule has 0 bridgehead atoms. The molecule has 1 amide bonds. The number of hydrogen-bond acceptors (Lipinski definition) is 7. The van der Waals surface area contributed by atoms with Crippen LogP contribution in [0.5, 0.6) is 0 Å². The predicted octanol–water partition coefficient (Wildman–Crippen LogP) is -3.19. The normalized spacial score (nSPS) is 33.2. The number of nitrogens with one attached hydrogen (secondary N) is 1. The summed E-state index contributed by atoms with van der Waals surface area (Å²) in [5.74, 6) is -1.84. The molecule has 0 aromatic rings. The predicted molar refractivity (Wildman–Crippen MR) is 63.6 cm³/mol. The maximum atomic E-state index is 11.1. The van der Waals surface area contributed by atoms with E-state index in [1.165, 1.54) is 6.92 Å². The van der Waals surface area contributed by atoms with Crippen molar-refractivity contribution >= 4 is 11.9 Å². The van der Waals surface area contributed by atoms with Gasteiger partial charge in [-0.1, -0.05) is 0 Å². The Morgan fingerprint density at radius 1 is 1.40 bits per heavy atom. The van der Waals surface area contributed by atoms with Crippen LogP contribution in [0.15, 0.2) is 0 Å². The van der Waals surface area contributed by atoms with Crippen LogP contribution >= 0.6 is 0 Å². The fourth-order valence-corrected chi connectivity index (χ4v) is 2.11. The summed E-state index contributed by atoms with van der Waals surface area (Å²) in [5, 5.41) is 49.2. The van der Waals surface area contributed by atoms with Crippen LogP contribution in [-0.2, 0) is 14.3 Å². The molecule has 1 saturated heterocycles.